The summed E-state index contributed by atoms with van der Waals surface area (Å²) in [5.41, 5.74) is 3.26. The number of benzene rings is 2. The van der Waals surface area contributed by atoms with Crippen molar-refractivity contribution in [3.63, 3.8) is 0 Å². The highest BCUT2D eigenvalue weighted by molar-refractivity contribution is 6.10. The number of imidazole rings is 1. The Kier molecular flexibility index (Phi) is 4.62. The number of rotatable bonds is 6. The Labute approximate surface area is 198 Å². The van der Waals surface area contributed by atoms with E-state index in [0.29, 0.717) is 16.9 Å². The lowest BCUT2D eigenvalue weighted by atomic mass is 10.1. The monoisotopic (exact) mass is 468 g/mol. The van der Waals surface area contributed by atoms with Crippen LogP contribution in [0.4, 0.5) is 30.8 Å². The van der Waals surface area contributed by atoms with Crippen LogP contribution >= 0.6 is 0 Å². The van der Waals surface area contributed by atoms with Gasteiger partial charge in [-0.15, -0.1) is 0 Å². The van der Waals surface area contributed by atoms with Crippen LogP contribution in [-0.2, 0) is 13.6 Å². The smallest absolute Gasteiger partial charge is 0.335 e. The Morgan fingerprint density at radius 1 is 1.12 bits per heavy atom. The second-order valence-corrected chi connectivity index (χ2v) is 7.66. The Bertz CT molecular complexity index is 1460. The van der Waals surface area contributed by atoms with Crippen molar-refractivity contribution in [3.05, 3.63) is 66.5 Å². The van der Waals surface area contributed by atoms with Crippen LogP contribution in [0.3, 0.4) is 0 Å². The fourth-order valence-electron chi connectivity index (χ4n) is 3.84. The molecule has 174 valence electrons. The van der Waals surface area contributed by atoms with Gasteiger partial charge in [0.25, 0.3) is 6.43 Å². The average Bonchev–Trinajstić information content (AvgIpc) is 3.22. The molecule has 2 amide bonds. The number of aryl methyl sites for hydroxylation is 1. The van der Waals surface area contributed by atoms with Gasteiger partial charge in [0.1, 0.15) is 11.6 Å². The predicted octanol–water partition coefficient (Wildman–Crippen LogP) is 4.90. The zero-order valence-corrected chi connectivity index (χ0v) is 18.0. The molecule has 0 radical (unpaired) electrons. The number of fused-ring (bicyclic) bond motifs is 2. The summed E-state index contributed by atoms with van der Waals surface area (Å²) in [6, 6.07) is 14.0. The summed E-state index contributed by atoms with van der Waals surface area (Å²) in [7, 11) is -0.777. The van der Waals surface area contributed by atoms with Crippen molar-refractivity contribution < 1.29 is 27.2 Å². The third kappa shape index (κ3) is 3.87. The minimum atomic E-state index is -2.68. The van der Waals surface area contributed by atoms with E-state index < -0.39 is 26.1 Å². The first-order chi connectivity index (χ1) is 17.6. The number of urea groups is 1. The van der Waals surface area contributed by atoms with Crippen molar-refractivity contribution in [3.8, 4) is 11.6 Å². The van der Waals surface area contributed by atoms with E-state index in [1.165, 1.54) is 35.2 Å². The van der Waals surface area contributed by atoms with Gasteiger partial charge in [-0.2, -0.15) is 4.98 Å². The first-order valence-corrected chi connectivity index (χ1v) is 10.3. The van der Waals surface area contributed by atoms with Crippen LogP contribution in [0.25, 0.3) is 11.0 Å². The highest BCUT2D eigenvalue weighted by atomic mass is 19.3. The molecule has 0 aliphatic carbocycles. The first kappa shape index (κ1) is 18.2. The molecular weight excluding hydrogens is 444 g/mol. The molecule has 0 unspecified atom stereocenters. The number of methoxy groups -OCH3 is 1. The number of anilines is 3. The Hall–Kier alpha value is -4.21. The van der Waals surface area contributed by atoms with Gasteiger partial charge < -0.3 is 14.0 Å². The van der Waals surface area contributed by atoms with Gasteiger partial charge in [0, 0.05) is 24.4 Å². The maximum absolute atomic E-state index is 13.8. The number of hydrogen-bond donors (Lipinski definition) is 0. The molecular formula is C24H21F2N5O3. The maximum Gasteiger partial charge on any atom is 0.335 e. The first-order valence-electron chi connectivity index (χ1n) is 11.8. The standard InChI is InChI=1S/C24H21F2N5O3/c1-29-14-27-19-9-6-17(11-20(19)29)30-12-15-3-10-22(34-13-21(25)26)28-23(15)31(24(30)32)16-4-7-18(33-2)8-5-16/h3-11,14,21H,12-13H2,1-2H3/i2D3. The van der Waals surface area contributed by atoms with E-state index >= 15 is 0 Å². The Morgan fingerprint density at radius 3 is 2.68 bits per heavy atom. The summed E-state index contributed by atoms with van der Waals surface area (Å²) < 4.78 is 59.1. The minimum Gasteiger partial charge on any atom is -0.497 e. The van der Waals surface area contributed by atoms with Crippen LogP contribution < -0.4 is 19.3 Å². The molecule has 0 saturated carbocycles. The van der Waals surface area contributed by atoms with E-state index in [1.807, 2.05) is 23.7 Å². The van der Waals surface area contributed by atoms with Gasteiger partial charge in [-0.05, 0) is 48.5 Å². The summed E-state index contributed by atoms with van der Waals surface area (Å²) in [5, 5.41) is 0. The quantitative estimate of drug-likeness (QED) is 0.403. The Morgan fingerprint density at radius 2 is 1.91 bits per heavy atom. The van der Waals surface area contributed by atoms with Crippen molar-refractivity contribution in [1.29, 1.82) is 0 Å². The van der Waals surface area contributed by atoms with Crippen LogP contribution in [0, 0.1) is 0 Å². The molecule has 5 rings (SSSR count). The Balaban J connectivity index is 1.56. The van der Waals surface area contributed by atoms with E-state index in [4.69, 9.17) is 13.6 Å². The number of pyridine rings is 1. The summed E-state index contributed by atoms with van der Waals surface area (Å²) in [6.45, 7) is -0.659. The van der Waals surface area contributed by atoms with E-state index in [-0.39, 0.29) is 24.0 Å². The fourth-order valence-corrected chi connectivity index (χ4v) is 3.84. The zero-order valence-electron chi connectivity index (χ0n) is 21.0. The summed E-state index contributed by atoms with van der Waals surface area (Å²) in [5.74, 6) is 0.261. The number of carbonyl (C=O) groups excluding carboxylic acids is 1. The number of alkyl halides is 2. The van der Waals surface area contributed by atoms with Gasteiger partial charge in [-0.1, -0.05) is 0 Å². The molecule has 2 aromatic carbocycles. The zero-order chi connectivity index (χ0) is 26.3. The van der Waals surface area contributed by atoms with Gasteiger partial charge >= 0.3 is 6.03 Å². The number of amides is 2. The van der Waals surface area contributed by atoms with Gasteiger partial charge in [0.05, 0.1) is 40.7 Å². The van der Waals surface area contributed by atoms with Gasteiger partial charge in [0.2, 0.25) is 5.88 Å². The van der Waals surface area contributed by atoms with Gasteiger partial charge in [0.15, 0.2) is 6.61 Å². The predicted molar refractivity (Wildman–Crippen MR) is 123 cm³/mol. The lowest BCUT2D eigenvalue weighted by Crippen LogP contribution is -2.45. The average molecular weight is 468 g/mol. The molecule has 1 aliphatic heterocycles. The van der Waals surface area contributed by atoms with Crippen molar-refractivity contribution in [2.45, 2.75) is 13.0 Å². The molecule has 0 fully saturated rings. The number of hydrogen-bond acceptors (Lipinski definition) is 5. The fraction of sp³-hybridized carbons (Fsp3) is 0.208. The minimum absolute atomic E-state index is 0.0519. The van der Waals surface area contributed by atoms with Crippen LogP contribution in [0.5, 0.6) is 11.6 Å². The number of halogens is 2. The van der Waals surface area contributed by atoms with E-state index in [1.54, 1.807) is 23.4 Å². The molecule has 8 nitrogen and oxygen atoms in total. The number of ether oxygens (including phenoxy) is 2. The van der Waals surface area contributed by atoms with Crippen molar-refractivity contribution >= 4 is 34.3 Å². The molecule has 0 N–H and O–H groups in total. The molecule has 2 aromatic heterocycles. The lowest BCUT2D eigenvalue weighted by molar-refractivity contribution is 0.0796. The van der Waals surface area contributed by atoms with E-state index in [2.05, 4.69) is 9.97 Å². The molecule has 3 heterocycles. The molecule has 0 atom stereocenters. The van der Waals surface area contributed by atoms with Crippen molar-refractivity contribution in [2.75, 3.05) is 23.4 Å². The van der Waals surface area contributed by atoms with E-state index in [0.717, 1.165) is 11.0 Å². The number of nitrogens with zero attached hydrogens (tertiary/aromatic N) is 5. The van der Waals surface area contributed by atoms with Crippen LogP contribution in [-0.4, -0.2) is 40.6 Å². The van der Waals surface area contributed by atoms with Crippen LogP contribution in [0.1, 0.15) is 9.68 Å². The summed E-state index contributed by atoms with van der Waals surface area (Å²) >= 11 is 0. The van der Waals surface area contributed by atoms with Gasteiger partial charge in [-0.3, -0.25) is 4.90 Å². The van der Waals surface area contributed by atoms with Crippen LogP contribution in [0.2, 0.25) is 0 Å². The van der Waals surface area contributed by atoms with Gasteiger partial charge in [-0.25, -0.2) is 23.5 Å². The molecule has 0 bridgehead atoms. The normalized spacial score (nSPS) is 15.2. The van der Waals surface area contributed by atoms with Crippen molar-refractivity contribution in [2.24, 2.45) is 7.05 Å². The van der Waals surface area contributed by atoms with E-state index in [9.17, 15) is 13.6 Å². The SMILES string of the molecule is [2H]C([2H])([2H])Oc1ccc(N2C(=O)N(c3ccc4ncn(C)c4c3)Cc3ccc(OCC(F)F)nc32)cc1. The highest BCUT2D eigenvalue weighted by Gasteiger charge is 2.34. The number of carbonyl (C=O) groups is 1. The molecule has 0 spiro atoms. The topological polar surface area (TPSA) is 72.7 Å². The maximum atomic E-state index is 13.8. The van der Waals surface area contributed by atoms with Crippen molar-refractivity contribution in [1.82, 2.24) is 14.5 Å². The largest absolute Gasteiger partial charge is 0.497 e. The molecule has 0 saturated heterocycles. The third-order valence-corrected chi connectivity index (χ3v) is 5.48. The molecule has 4 aromatic rings. The number of aromatic nitrogens is 3. The second kappa shape index (κ2) is 8.62. The van der Waals surface area contributed by atoms with Crippen LogP contribution in [0.15, 0.2) is 60.9 Å². The molecule has 10 heteroatoms. The summed E-state index contributed by atoms with van der Waals surface area (Å²) in [4.78, 5) is 25.4. The lowest BCUT2D eigenvalue weighted by Gasteiger charge is -2.36. The second-order valence-electron chi connectivity index (χ2n) is 7.66. The summed E-state index contributed by atoms with van der Waals surface area (Å²) in [6.07, 6.45) is -0.999. The molecule has 34 heavy (non-hydrogen) atoms. The highest BCUT2D eigenvalue weighted by Crippen LogP contribution is 2.38. The third-order valence-electron chi connectivity index (χ3n) is 5.48. The molecule has 1 aliphatic rings.